The first-order valence-electron chi connectivity index (χ1n) is 7.09. The topological polar surface area (TPSA) is 32.7 Å². The van der Waals surface area contributed by atoms with Crippen molar-refractivity contribution in [2.45, 2.75) is 52.3 Å². The third kappa shape index (κ3) is 4.22. The quantitative estimate of drug-likeness (QED) is 0.821. The number of aliphatic hydroxyl groups excluding tert-OH is 1. The average Bonchev–Trinajstić information content (AvgIpc) is 2.43. The third-order valence-electron chi connectivity index (χ3n) is 3.58. The summed E-state index contributed by atoms with van der Waals surface area (Å²) >= 11 is 0. The van der Waals surface area contributed by atoms with E-state index >= 15 is 0 Å². The molecule has 1 N–H and O–H groups in total. The molecule has 0 saturated carbocycles. The lowest BCUT2D eigenvalue weighted by atomic mass is 10.0. The molecule has 0 aliphatic heterocycles. The van der Waals surface area contributed by atoms with E-state index in [-0.39, 0.29) is 6.04 Å². The van der Waals surface area contributed by atoms with Crippen molar-refractivity contribution in [3.63, 3.8) is 0 Å². The standard InChI is InChI=1S/C16H27NO2/c1-6-11-17(12(2)3)13(4)16(18)14-7-9-15(19-5)10-8-14/h7-10,12-13,16,18H,6,11H2,1-5H3. The van der Waals surface area contributed by atoms with Gasteiger partial charge < -0.3 is 9.84 Å². The Morgan fingerprint density at radius 3 is 2.16 bits per heavy atom. The smallest absolute Gasteiger partial charge is 0.118 e. The van der Waals surface area contributed by atoms with Gasteiger partial charge in [-0.2, -0.15) is 0 Å². The number of benzene rings is 1. The Balaban J connectivity index is 2.80. The van der Waals surface area contributed by atoms with Gasteiger partial charge in [-0.25, -0.2) is 0 Å². The van der Waals surface area contributed by atoms with Crippen molar-refractivity contribution in [1.29, 1.82) is 0 Å². The van der Waals surface area contributed by atoms with Crippen LogP contribution >= 0.6 is 0 Å². The second-order valence-corrected chi connectivity index (χ2v) is 5.29. The van der Waals surface area contributed by atoms with Crippen molar-refractivity contribution in [3.05, 3.63) is 29.8 Å². The summed E-state index contributed by atoms with van der Waals surface area (Å²) in [6.45, 7) is 9.61. The Labute approximate surface area is 117 Å². The number of methoxy groups -OCH3 is 1. The fourth-order valence-electron chi connectivity index (χ4n) is 2.45. The van der Waals surface area contributed by atoms with Crippen LogP contribution in [-0.2, 0) is 0 Å². The first-order valence-corrected chi connectivity index (χ1v) is 7.09. The molecule has 108 valence electrons. The highest BCUT2D eigenvalue weighted by molar-refractivity contribution is 5.29. The molecule has 3 heteroatoms. The molecule has 3 nitrogen and oxygen atoms in total. The summed E-state index contributed by atoms with van der Waals surface area (Å²) in [7, 11) is 1.65. The fourth-order valence-corrected chi connectivity index (χ4v) is 2.45. The van der Waals surface area contributed by atoms with Crippen molar-refractivity contribution in [2.75, 3.05) is 13.7 Å². The second-order valence-electron chi connectivity index (χ2n) is 5.29. The molecular formula is C16H27NO2. The summed E-state index contributed by atoms with van der Waals surface area (Å²) in [4.78, 5) is 2.34. The number of rotatable bonds is 7. The van der Waals surface area contributed by atoms with E-state index in [9.17, 15) is 5.11 Å². The zero-order valence-electron chi connectivity index (χ0n) is 12.8. The number of ether oxygens (including phenoxy) is 1. The van der Waals surface area contributed by atoms with Gasteiger partial charge in [0.2, 0.25) is 0 Å². The van der Waals surface area contributed by atoms with Crippen LogP contribution in [-0.4, -0.2) is 35.7 Å². The fraction of sp³-hybridized carbons (Fsp3) is 0.625. The second kappa shape index (κ2) is 7.51. The van der Waals surface area contributed by atoms with Crippen LogP contribution in [0.2, 0.25) is 0 Å². The summed E-state index contributed by atoms with van der Waals surface area (Å²) in [5.74, 6) is 0.817. The minimum atomic E-state index is -0.472. The van der Waals surface area contributed by atoms with Gasteiger partial charge in [-0.05, 0) is 51.4 Å². The van der Waals surface area contributed by atoms with Crippen LogP contribution in [0, 0.1) is 0 Å². The van der Waals surface area contributed by atoms with Crippen LogP contribution in [0.3, 0.4) is 0 Å². The molecule has 0 saturated heterocycles. The molecular weight excluding hydrogens is 238 g/mol. The maximum Gasteiger partial charge on any atom is 0.118 e. The zero-order chi connectivity index (χ0) is 14.4. The lowest BCUT2D eigenvalue weighted by Crippen LogP contribution is -2.42. The number of aliphatic hydroxyl groups is 1. The molecule has 1 aromatic carbocycles. The van der Waals surface area contributed by atoms with Gasteiger partial charge in [0.1, 0.15) is 5.75 Å². The predicted octanol–water partition coefficient (Wildman–Crippen LogP) is 3.24. The third-order valence-corrected chi connectivity index (χ3v) is 3.58. The van der Waals surface area contributed by atoms with Crippen LogP contribution in [0.4, 0.5) is 0 Å². The van der Waals surface area contributed by atoms with Gasteiger partial charge >= 0.3 is 0 Å². The lowest BCUT2D eigenvalue weighted by molar-refractivity contribution is 0.0402. The van der Waals surface area contributed by atoms with Gasteiger partial charge in [-0.1, -0.05) is 19.1 Å². The van der Waals surface area contributed by atoms with Gasteiger partial charge in [-0.15, -0.1) is 0 Å². The first-order chi connectivity index (χ1) is 9.01. The maximum atomic E-state index is 10.5. The summed E-state index contributed by atoms with van der Waals surface area (Å²) in [5.41, 5.74) is 0.940. The minimum absolute atomic E-state index is 0.105. The molecule has 2 atom stereocenters. The van der Waals surface area contributed by atoms with Crippen molar-refractivity contribution >= 4 is 0 Å². The minimum Gasteiger partial charge on any atom is -0.497 e. The predicted molar refractivity (Wildman–Crippen MR) is 79.5 cm³/mol. The highest BCUT2D eigenvalue weighted by Gasteiger charge is 2.24. The van der Waals surface area contributed by atoms with Crippen molar-refractivity contribution in [2.24, 2.45) is 0 Å². The molecule has 0 heterocycles. The van der Waals surface area contributed by atoms with Gasteiger partial charge in [0.25, 0.3) is 0 Å². The molecule has 1 aromatic rings. The Morgan fingerprint density at radius 2 is 1.74 bits per heavy atom. The number of hydrogen-bond acceptors (Lipinski definition) is 3. The molecule has 0 amide bonds. The van der Waals surface area contributed by atoms with Crippen LogP contribution in [0.5, 0.6) is 5.75 Å². The Hall–Kier alpha value is -1.06. The largest absolute Gasteiger partial charge is 0.497 e. The first kappa shape index (κ1) is 16.0. The van der Waals surface area contributed by atoms with Crippen LogP contribution in [0.25, 0.3) is 0 Å². The Bertz CT molecular complexity index is 362. The molecule has 19 heavy (non-hydrogen) atoms. The maximum absolute atomic E-state index is 10.5. The number of nitrogens with zero attached hydrogens (tertiary/aromatic N) is 1. The van der Waals surface area contributed by atoms with E-state index < -0.39 is 6.10 Å². The van der Waals surface area contributed by atoms with E-state index in [4.69, 9.17) is 4.74 Å². The molecule has 0 aliphatic carbocycles. The number of hydrogen-bond donors (Lipinski definition) is 1. The lowest BCUT2D eigenvalue weighted by Gasteiger charge is -2.35. The molecule has 0 fully saturated rings. The summed E-state index contributed by atoms with van der Waals surface area (Å²) in [6, 6.07) is 8.20. The van der Waals surface area contributed by atoms with Crippen LogP contribution in [0.1, 0.15) is 45.8 Å². The molecule has 0 radical (unpaired) electrons. The Kier molecular flexibility index (Phi) is 6.32. The Morgan fingerprint density at radius 1 is 1.16 bits per heavy atom. The van der Waals surface area contributed by atoms with Gasteiger partial charge in [0.05, 0.1) is 13.2 Å². The SMILES string of the molecule is CCCN(C(C)C)C(C)C(O)c1ccc(OC)cc1. The monoisotopic (exact) mass is 265 g/mol. The van der Waals surface area contributed by atoms with Crippen LogP contribution in [0.15, 0.2) is 24.3 Å². The van der Waals surface area contributed by atoms with E-state index in [0.29, 0.717) is 6.04 Å². The van der Waals surface area contributed by atoms with E-state index in [1.54, 1.807) is 7.11 Å². The summed E-state index contributed by atoms with van der Waals surface area (Å²) in [6.07, 6.45) is 0.623. The highest BCUT2D eigenvalue weighted by Crippen LogP contribution is 2.24. The van der Waals surface area contributed by atoms with E-state index in [1.807, 2.05) is 24.3 Å². The normalized spacial score (nSPS) is 14.7. The van der Waals surface area contributed by atoms with E-state index in [2.05, 4.69) is 32.6 Å². The van der Waals surface area contributed by atoms with Crippen LogP contribution < -0.4 is 4.74 Å². The average molecular weight is 265 g/mol. The van der Waals surface area contributed by atoms with E-state index in [0.717, 1.165) is 24.3 Å². The van der Waals surface area contributed by atoms with Crippen molar-refractivity contribution < 1.29 is 9.84 Å². The van der Waals surface area contributed by atoms with Gasteiger partial charge in [-0.3, -0.25) is 4.90 Å². The summed E-state index contributed by atoms with van der Waals surface area (Å²) < 4.78 is 5.14. The van der Waals surface area contributed by atoms with Crippen molar-refractivity contribution in [3.8, 4) is 5.75 Å². The molecule has 0 spiro atoms. The molecule has 0 aromatic heterocycles. The van der Waals surface area contributed by atoms with Gasteiger partial charge in [0, 0.05) is 12.1 Å². The summed E-state index contributed by atoms with van der Waals surface area (Å²) in [5, 5.41) is 10.5. The van der Waals surface area contributed by atoms with E-state index in [1.165, 1.54) is 0 Å². The molecule has 0 aliphatic rings. The molecule has 2 unspecified atom stereocenters. The van der Waals surface area contributed by atoms with Crippen molar-refractivity contribution in [1.82, 2.24) is 4.90 Å². The molecule has 0 bridgehead atoms. The highest BCUT2D eigenvalue weighted by atomic mass is 16.5. The molecule has 1 rings (SSSR count). The van der Waals surface area contributed by atoms with Gasteiger partial charge in [0.15, 0.2) is 0 Å². The zero-order valence-corrected chi connectivity index (χ0v) is 12.8.